The molecule has 80 valence electrons. The molecule has 2 rings (SSSR count). The Kier molecular flexibility index (Phi) is 3.42. The Morgan fingerprint density at radius 3 is 2.40 bits per heavy atom. The lowest BCUT2D eigenvalue weighted by molar-refractivity contribution is 0.469. The van der Waals surface area contributed by atoms with Crippen LogP contribution < -0.4 is 0 Å². The maximum atomic E-state index is 6.48. The average Bonchev–Trinajstić information content (AvgIpc) is 2.29. The van der Waals surface area contributed by atoms with Crippen LogP contribution >= 0.6 is 11.6 Å². The highest BCUT2D eigenvalue weighted by molar-refractivity contribution is 6.32. The van der Waals surface area contributed by atoms with Gasteiger partial charge in [0.15, 0.2) is 0 Å². The topological polar surface area (TPSA) is 12.4 Å². The van der Waals surface area contributed by atoms with Gasteiger partial charge in [-0.2, -0.15) is 0 Å². The molecule has 0 aromatic heterocycles. The Labute approximate surface area is 96.2 Å². The Morgan fingerprint density at radius 2 is 1.73 bits per heavy atom. The van der Waals surface area contributed by atoms with Crippen LogP contribution in [-0.2, 0) is 0 Å². The maximum Gasteiger partial charge on any atom is 0.0797 e. The molecule has 0 bridgehead atoms. The molecule has 0 radical (unpaired) electrons. The predicted molar refractivity (Wildman–Crippen MR) is 66.3 cm³/mol. The van der Waals surface area contributed by atoms with Gasteiger partial charge in [-0.25, -0.2) is 0 Å². The van der Waals surface area contributed by atoms with Gasteiger partial charge in [-0.1, -0.05) is 37.5 Å². The van der Waals surface area contributed by atoms with Gasteiger partial charge in [0.25, 0.3) is 0 Å². The van der Waals surface area contributed by atoms with Crippen molar-refractivity contribution in [3.8, 4) is 0 Å². The number of aliphatic imine (C=N–C) groups is 1. The predicted octanol–water partition coefficient (Wildman–Crippen LogP) is 4.33. The highest BCUT2D eigenvalue weighted by Crippen LogP contribution is 2.33. The summed E-state index contributed by atoms with van der Waals surface area (Å²) < 4.78 is 0. The van der Waals surface area contributed by atoms with E-state index in [1.165, 1.54) is 19.3 Å². The van der Waals surface area contributed by atoms with Gasteiger partial charge in [-0.05, 0) is 25.0 Å². The largest absolute Gasteiger partial charge is 0.259 e. The molecule has 15 heavy (non-hydrogen) atoms. The summed E-state index contributed by atoms with van der Waals surface area (Å²) in [7, 11) is 0. The first-order chi connectivity index (χ1) is 7.29. The first-order valence-electron chi connectivity index (χ1n) is 5.58. The fourth-order valence-corrected chi connectivity index (χ4v) is 2.29. The lowest BCUT2D eigenvalue weighted by Crippen LogP contribution is -2.26. The van der Waals surface area contributed by atoms with Crippen molar-refractivity contribution in [1.29, 1.82) is 0 Å². The van der Waals surface area contributed by atoms with Crippen LogP contribution in [0.15, 0.2) is 35.3 Å². The van der Waals surface area contributed by atoms with Crippen LogP contribution in [0.5, 0.6) is 0 Å². The van der Waals surface area contributed by atoms with Crippen molar-refractivity contribution in [2.75, 3.05) is 0 Å². The van der Waals surface area contributed by atoms with Gasteiger partial charge >= 0.3 is 0 Å². The number of rotatable bonds is 2. The monoisotopic (exact) mass is 221 g/mol. The van der Waals surface area contributed by atoms with Crippen molar-refractivity contribution in [1.82, 2.24) is 0 Å². The number of nitrogens with zero attached hydrogens (tertiary/aromatic N) is 1. The van der Waals surface area contributed by atoms with Gasteiger partial charge in [0, 0.05) is 6.21 Å². The number of para-hydroxylation sites is 1. The van der Waals surface area contributed by atoms with E-state index in [0.29, 0.717) is 0 Å². The second-order valence-electron chi connectivity index (χ2n) is 4.19. The Balaban J connectivity index is 2.04. The van der Waals surface area contributed by atoms with Crippen LogP contribution in [0.2, 0.25) is 0 Å². The molecule has 2 heteroatoms. The lowest BCUT2D eigenvalue weighted by Gasteiger charge is -2.26. The van der Waals surface area contributed by atoms with Crippen LogP contribution in [0, 0.1) is 0 Å². The molecule has 0 heterocycles. The van der Waals surface area contributed by atoms with Crippen molar-refractivity contribution in [2.45, 2.75) is 37.0 Å². The highest BCUT2D eigenvalue weighted by Gasteiger charge is 2.27. The van der Waals surface area contributed by atoms with Crippen LogP contribution in [0.4, 0.5) is 5.69 Å². The van der Waals surface area contributed by atoms with Crippen molar-refractivity contribution in [3.63, 3.8) is 0 Å². The quantitative estimate of drug-likeness (QED) is 0.521. The SMILES string of the molecule is ClC1(C=Nc2ccccc2)CCCCC1. The molecule has 0 spiro atoms. The van der Waals surface area contributed by atoms with Crippen molar-refractivity contribution in [3.05, 3.63) is 30.3 Å². The maximum absolute atomic E-state index is 6.48. The molecule has 0 atom stereocenters. The smallest absolute Gasteiger partial charge is 0.0797 e. The Hall–Kier alpha value is -0.820. The van der Waals surface area contributed by atoms with E-state index in [4.69, 9.17) is 11.6 Å². The number of alkyl halides is 1. The van der Waals surface area contributed by atoms with Gasteiger partial charge in [0.1, 0.15) is 0 Å². The Morgan fingerprint density at radius 1 is 1.07 bits per heavy atom. The Bertz CT molecular complexity index is 326. The third kappa shape index (κ3) is 3.07. The van der Waals surface area contributed by atoms with E-state index < -0.39 is 0 Å². The molecule has 0 unspecified atom stereocenters. The van der Waals surface area contributed by atoms with Gasteiger partial charge < -0.3 is 0 Å². The summed E-state index contributed by atoms with van der Waals surface area (Å²) in [6.45, 7) is 0. The summed E-state index contributed by atoms with van der Waals surface area (Å²) in [6.07, 6.45) is 7.82. The number of hydrogen-bond acceptors (Lipinski definition) is 1. The zero-order valence-corrected chi connectivity index (χ0v) is 9.58. The fraction of sp³-hybridized carbons (Fsp3) is 0.462. The first-order valence-corrected chi connectivity index (χ1v) is 5.96. The standard InChI is InChI=1S/C13H16ClN/c14-13(9-5-2-6-10-13)11-15-12-7-3-1-4-8-12/h1,3-4,7-8,11H,2,5-6,9-10H2. The fourth-order valence-electron chi connectivity index (χ4n) is 1.97. The van der Waals surface area contributed by atoms with E-state index in [1.54, 1.807) is 0 Å². The number of halogens is 1. The van der Waals surface area contributed by atoms with E-state index in [1.807, 2.05) is 36.5 Å². The third-order valence-corrected chi connectivity index (χ3v) is 3.36. The molecule has 0 N–H and O–H groups in total. The van der Waals surface area contributed by atoms with Gasteiger partial charge in [-0.15, -0.1) is 11.6 Å². The second-order valence-corrected chi connectivity index (χ2v) is 4.94. The number of benzene rings is 1. The summed E-state index contributed by atoms with van der Waals surface area (Å²) in [5, 5.41) is 0. The molecule has 1 saturated carbocycles. The summed E-state index contributed by atoms with van der Waals surface area (Å²) in [5.74, 6) is 0. The molecule has 1 aromatic carbocycles. The van der Waals surface area contributed by atoms with E-state index in [9.17, 15) is 0 Å². The second kappa shape index (κ2) is 4.80. The minimum absolute atomic E-state index is 0.186. The summed E-state index contributed by atoms with van der Waals surface area (Å²) in [6, 6.07) is 9.98. The summed E-state index contributed by atoms with van der Waals surface area (Å²) in [4.78, 5) is 4.26. The van der Waals surface area contributed by atoms with Crippen molar-refractivity contribution >= 4 is 23.5 Å². The van der Waals surface area contributed by atoms with Crippen molar-refractivity contribution < 1.29 is 0 Å². The molecular formula is C13H16ClN. The molecule has 0 amide bonds. The molecule has 1 aliphatic rings. The van der Waals surface area contributed by atoms with Crippen LogP contribution in [0.25, 0.3) is 0 Å². The number of hydrogen-bond donors (Lipinski definition) is 0. The molecule has 1 aliphatic carbocycles. The van der Waals surface area contributed by atoms with Gasteiger partial charge in [0.05, 0.1) is 10.6 Å². The normalized spacial score (nSPS) is 20.6. The molecule has 0 aliphatic heterocycles. The van der Waals surface area contributed by atoms with Crippen LogP contribution in [0.3, 0.4) is 0 Å². The van der Waals surface area contributed by atoms with E-state index >= 15 is 0 Å². The highest BCUT2D eigenvalue weighted by atomic mass is 35.5. The van der Waals surface area contributed by atoms with E-state index in [0.717, 1.165) is 18.5 Å². The molecule has 0 saturated heterocycles. The lowest BCUT2D eigenvalue weighted by atomic mass is 9.89. The molecule has 1 aromatic rings. The third-order valence-electron chi connectivity index (χ3n) is 2.89. The van der Waals surface area contributed by atoms with Crippen molar-refractivity contribution in [2.24, 2.45) is 4.99 Å². The summed E-state index contributed by atoms with van der Waals surface area (Å²) >= 11 is 6.48. The van der Waals surface area contributed by atoms with E-state index in [2.05, 4.69) is 4.99 Å². The van der Waals surface area contributed by atoms with Crippen LogP contribution in [0.1, 0.15) is 32.1 Å². The van der Waals surface area contributed by atoms with Gasteiger partial charge in [0.2, 0.25) is 0 Å². The minimum atomic E-state index is -0.186. The minimum Gasteiger partial charge on any atom is -0.259 e. The zero-order valence-electron chi connectivity index (χ0n) is 8.82. The van der Waals surface area contributed by atoms with E-state index in [-0.39, 0.29) is 4.87 Å². The van der Waals surface area contributed by atoms with Crippen LogP contribution in [-0.4, -0.2) is 11.1 Å². The zero-order chi connectivity index (χ0) is 10.6. The first kappa shape index (κ1) is 10.7. The molecule has 1 fully saturated rings. The van der Waals surface area contributed by atoms with Gasteiger partial charge in [-0.3, -0.25) is 4.99 Å². The average molecular weight is 222 g/mol. The summed E-state index contributed by atoms with van der Waals surface area (Å²) in [5.41, 5.74) is 0.989. The molecule has 1 nitrogen and oxygen atoms in total. The molecular weight excluding hydrogens is 206 g/mol.